The Morgan fingerprint density at radius 2 is 1.81 bits per heavy atom. The van der Waals surface area contributed by atoms with Crippen LogP contribution in [0.5, 0.6) is 11.5 Å². The highest BCUT2D eigenvalue weighted by Crippen LogP contribution is 2.45. The molecule has 1 unspecified atom stereocenters. The Bertz CT molecular complexity index is 1580. The predicted octanol–water partition coefficient (Wildman–Crippen LogP) is 5.95. The monoisotopic (exact) mass is 555 g/mol. The number of aliphatic hydroxyl groups is 1. The lowest BCUT2D eigenvalue weighted by atomic mass is 9.98. The van der Waals surface area contributed by atoms with E-state index in [0.717, 1.165) is 10.3 Å². The molecule has 188 valence electrons. The minimum atomic E-state index is -1.04. The number of nitrogens with zero attached hydrogens (tertiary/aromatic N) is 3. The van der Waals surface area contributed by atoms with Crippen LogP contribution < -0.4 is 14.4 Å². The van der Waals surface area contributed by atoms with Gasteiger partial charge in [-0.05, 0) is 48.9 Å². The van der Waals surface area contributed by atoms with E-state index in [0.29, 0.717) is 17.0 Å². The smallest absolute Gasteiger partial charge is 0.301 e. The molecule has 1 atom stereocenters. The van der Waals surface area contributed by atoms with Crippen molar-refractivity contribution in [2.24, 2.45) is 0 Å². The van der Waals surface area contributed by atoms with Crippen molar-refractivity contribution >= 4 is 67.3 Å². The van der Waals surface area contributed by atoms with Gasteiger partial charge in [0, 0.05) is 11.8 Å². The summed E-state index contributed by atoms with van der Waals surface area (Å²) in [7, 11) is 2.99. The number of anilines is 1. The first-order chi connectivity index (χ1) is 17.7. The molecule has 8 nitrogen and oxygen atoms in total. The van der Waals surface area contributed by atoms with Gasteiger partial charge in [0.25, 0.3) is 5.78 Å². The second-order valence-electron chi connectivity index (χ2n) is 8.18. The van der Waals surface area contributed by atoms with Crippen LogP contribution in [0.1, 0.15) is 22.9 Å². The van der Waals surface area contributed by atoms with Gasteiger partial charge < -0.3 is 14.6 Å². The van der Waals surface area contributed by atoms with Crippen LogP contribution in [0.4, 0.5) is 5.13 Å². The van der Waals surface area contributed by atoms with E-state index in [-0.39, 0.29) is 32.1 Å². The molecule has 37 heavy (non-hydrogen) atoms. The van der Waals surface area contributed by atoms with Crippen molar-refractivity contribution in [2.45, 2.75) is 13.0 Å². The number of thiazole rings is 1. The summed E-state index contributed by atoms with van der Waals surface area (Å²) in [6, 6.07) is 10.6. The van der Waals surface area contributed by atoms with Crippen LogP contribution >= 0.6 is 34.5 Å². The number of aryl methyl sites for hydroxylation is 1. The van der Waals surface area contributed by atoms with Gasteiger partial charge in [0.05, 0.1) is 45.7 Å². The third kappa shape index (κ3) is 4.19. The zero-order valence-electron chi connectivity index (χ0n) is 19.8. The van der Waals surface area contributed by atoms with E-state index >= 15 is 0 Å². The molecule has 2 aromatic heterocycles. The number of ether oxygens (including phenoxy) is 2. The maximum absolute atomic E-state index is 13.4. The zero-order chi connectivity index (χ0) is 26.4. The number of hydrogen-bond donors (Lipinski definition) is 1. The molecular formula is C26H19Cl2N3O5S. The summed E-state index contributed by atoms with van der Waals surface area (Å²) < 4.78 is 11.4. The average molecular weight is 556 g/mol. The number of amides is 1. The van der Waals surface area contributed by atoms with Crippen LogP contribution in [0.15, 0.2) is 54.2 Å². The van der Waals surface area contributed by atoms with E-state index in [2.05, 4.69) is 9.97 Å². The fourth-order valence-electron chi connectivity index (χ4n) is 4.26. The van der Waals surface area contributed by atoms with E-state index in [9.17, 15) is 14.7 Å². The summed E-state index contributed by atoms with van der Waals surface area (Å²) in [5.41, 5.74) is 1.90. The number of aromatic nitrogens is 2. The Labute approximate surface area is 225 Å². The van der Waals surface area contributed by atoms with Crippen LogP contribution in [0, 0.1) is 6.92 Å². The molecule has 1 aliphatic rings. The standard InChI is InChI=1S/C26H19Cl2N3O5S/c1-12-8-17-19(11-18(12)35-2)37-26(30-17)31-21(16-6-4-5-7-29-16)20(23(33)25(31)34)22(32)13-9-14(27)24(36-3)15(28)10-13/h4-11,21,32H,1-3H3/b22-20+. The molecule has 0 radical (unpaired) electrons. The number of hydrogen-bond acceptors (Lipinski definition) is 8. The van der Waals surface area contributed by atoms with Crippen LogP contribution in [0.3, 0.4) is 0 Å². The Kier molecular flexibility index (Phi) is 6.53. The van der Waals surface area contributed by atoms with Gasteiger partial charge in [-0.1, -0.05) is 40.6 Å². The van der Waals surface area contributed by atoms with Crippen LogP contribution in [-0.2, 0) is 9.59 Å². The lowest BCUT2D eigenvalue weighted by Crippen LogP contribution is -2.29. The zero-order valence-corrected chi connectivity index (χ0v) is 22.1. The van der Waals surface area contributed by atoms with Crippen LogP contribution in [0.2, 0.25) is 10.0 Å². The predicted molar refractivity (Wildman–Crippen MR) is 143 cm³/mol. The quantitative estimate of drug-likeness (QED) is 0.184. The lowest BCUT2D eigenvalue weighted by molar-refractivity contribution is -0.132. The summed E-state index contributed by atoms with van der Waals surface area (Å²) in [5, 5.41) is 11.9. The summed E-state index contributed by atoms with van der Waals surface area (Å²) in [5.74, 6) is -1.27. The number of halogens is 2. The van der Waals surface area contributed by atoms with Gasteiger partial charge >= 0.3 is 5.91 Å². The van der Waals surface area contributed by atoms with Gasteiger partial charge in [-0.2, -0.15) is 0 Å². The molecule has 0 aliphatic carbocycles. The molecule has 3 heterocycles. The van der Waals surface area contributed by atoms with E-state index < -0.39 is 23.5 Å². The van der Waals surface area contributed by atoms with Gasteiger partial charge in [0.1, 0.15) is 17.6 Å². The molecule has 1 aliphatic heterocycles. The number of pyridine rings is 1. The van der Waals surface area contributed by atoms with Crippen LogP contribution in [-0.4, -0.2) is 41.0 Å². The number of ketones is 1. The van der Waals surface area contributed by atoms with E-state index in [1.807, 2.05) is 19.1 Å². The summed E-state index contributed by atoms with van der Waals surface area (Å²) in [4.78, 5) is 37.1. The molecule has 1 saturated heterocycles. The first kappa shape index (κ1) is 25.0. The molecule has 0 spiro atoms. The average Bonchev–Trinajstić information content (AvgIpc) is 3.40. The Hall–Kier alpha value is -3.66. The number of aliphatic hydroxyl groups excluding tert-OH is 1. The Morgan fingerprint density at radius 1 is 1.08 bits per heavy atom. The van der Waals surface area contributed by atoms with Crippen molar-refractivity contribution in [3.8, 4) is 11.5 Å². The van der Waals surface area contributed by atoms with Gasteiger partial charge in [-0.25, -0.2) is 4.98 Å². The van der Waals surface area contributed by atoms with E-state index in [4.69, 9.17) is 32.7 Å². The normalized spacial score (nSPS) is 17.0. The molecule has 5 rings (SSSR count). The number of benzene rings is 2. The largest absolute Gasteiger partial charge is 0.507 e. The molecule has 2 aromatic carbocycles. The molecule has 11 heteroatoms. The second kappa shape index (κ2) is 9.66. The number of carbonyl (C=O) groups excluding carboxylic acids is 2. The van der Waals surface area contributed by atoms with E-state index in [1.165, 1.54) is 35.5 Å². The topological polar surface area (TPSA) is 102 Å². The summed E-state index contributed by atoms with van der Waals surface area (Å²) >= 11 is 13.8. The van der Waals surface area contributed by atoms with Crippen molar-refractivity contribution in [3.05, 3.63) is 81.1 Å². The van der Waals surface area contributed by atoms with Gasteiger partial charge in [-0.3, -0.25) is 19.5 Å². The van der Waals surface area contributed by atoms with Crippen LogP contribution in [0.25, 0.3) is 16.0 Å². The fourth-order valence-corrected chi connectivity index (χ4v) is 5.91. The van der Waals surface area contributed by atoms with Crippen molar-refractivity contribution in [1.29, 1.82) is 0 Å². The minimum Gasteiger partial charge on any atom is -0.507 e. The molecule has 1 amide bonds. The van der Waals surface area contributed by atoms with Crippen molar-refractivity contribution in [1.82, 2.24) is 9.97 Å². The summed E-state index contributed by atoms with van der Waals surface area (Å²) in [6.07, 6.45) is 1.54. The molecule has 1 fully saturated rings. The second-order valence-corrected chi connectivity index (χ2v) is 10.0. The maximum atomic E-state index is 13.4. The number of Topliss-reactive ketones (excluding diaryl/α,β-unsaturated/α-hetero) is 1. The fraction of sp³-hybridized carbons (Fsp3) is 0.154. The lowest BCUT2D eigenvalue weighted by Gasteiger charge is -2.22. The number of carbonyl (C=O) groups is 2. The van der Waals surface area contributed by atoms with Crippen molar-refractivity contribution in [2.75, 3.05) is 19.1 Å². The maximum Gasteiger partial charge on any atom is 0.301 e. The third-order valence-corrected chi connectivity index (χ3v) is 7.57. The number of fused-ring (bicyclic) bond motifs is 1. The number of rotatable bonds is 5. The number of methoxy groups -OCH3 is 2. The Morgan fingerprint density at radius 3 is 2.43 bits per heavy atom. The first-order valence-electron chi connectivity index (χ1n) is 11.0. The highest BCUT2D eigenvalue weighted by atomic mass is 35.5. The van der Waals surface area contributed by atoms with Gasteiger partial charge in [-0.15, -0.1) is 0 Å². The summed E-state index contributed by atoms with van der Waals surface area (Å²) in [6.45, 7) is 1.89. The van der Waals surface area contributed by atoms with Crippen molar-refractivity contribution in [3.63, 3.8) is 0 Å². The van der Waals surface area contributed by atoms with Crippen molar-refractivity contribution < 1.29 is 24.2 Å². The molecule has 0 saturated carbocycles. The van der Waals surface area contributed by atoms with E-state index in [1.54, 1.807) is 31.5 Å². The molecule has 4 aromatic rings. The Balaban J connectivity index is 1.72. The third-order valence-electron chi connectivity index (χ3n) is 5.99. The highest BCUT2D eigenvalue weighted by molar-refractivity contribution is 7.22. The molecular weight excluding hydrogens is 537 g/mol. The molecule has 1 N–H and O–H groups in total. The highest BCUT2D eigenvalue weighted by Gasteiger charge is 2.49. The first-order valence-corrected chi connectivity index (χ1v) is 12.5. The van der Waals surface area contributed by atoms with Gasteiger partial charge in [0.2, 0.25) is 0 Å². The minimum absolute atomic E-state index is 0.135. The van der Waals surface area contributed by atoms with Gasteiger partial charge in [0.15, 0.2) is 10.9 Å². The molecule has 0 bridgehead atoms. The SMILES string of the molecule is COc1cc2sc(N3C(=O)C(=O)/C(=C(/O)c4cc(Cl)c(OC)c(Cl)c4)C3c3ccccn3)nc2cc1C.